The summed E-state index contributed by atoms with van der Waals surface area (Å²) in [6.07, 6.45) is -1.69. The van der Waals surface area contributed by atoms with Crippen LogP contribution in [0.1, 0.15) is 91.2 Å². The number of ether oxygens (including phenoxy) is 5. The molecule has 3 fully saturated rings. The van der Waals surface area contributed by atoms with Gasteiger partial charge in [-0.1, -0.05) is 39.8 Å². The summed E-state index contributed by atoms with van der Waals surface area (Å²) in [6, 6.07) is 7.00. The highest BCUT2D eigenvalue weighted by Crippen LogP contribution is 2.56. The summed E-state index contributed by atoms with van der Waals surface area (Å²) in [5, 5.41) is 31.8. The maximum atomic E-state index is 13.0. The summed E-state index contributed by atoms with van der Waals surface area (Å²) in [5.41, 5.74) is 0.284. The fourth-order valence-electron chi connectivity index (χ4n) is 6.61. The van der Waals surface area contributed by atoms with E-state index >= 15 is 0 Å². The summed E-state index contributed by atoms with van der Waals surface area (Å²) in [6.45, 7) is 9.34. The van der Waals surface area contributed by atoms with Crippen LogP contribution in [0, 0.1) is 17.3 Å². The Morgan fingerprint density at radius 3 is 2.46 bits per heavy atom. The lowest BCUT2D eigenvalue weighted by Crippen LogP contribution is -2.67. The number of cyclic esters (lactones) is 1. The molecule has 10 heteroatoms. The molecule has 3 aliphatic rings. The summed E-state index contributed by atoms with van der Waals surface area (Å²) in [7, 11) is 1.64. The van der Waals surface area contributed by atoms with Crippen LogP contribution >= 0.6 is 0 Å². The Balaban J connectivity index is 1.62. The van der Waals surface area contributed by atoms with E-state index in [2.05, 4.69) is 6.92 Å². The summed E-state index contributed by atoms with van der Waals surface area (Å²) in [5.74, 6) is -4.82. The van der Waals surface area contributed by atoms with E-state index in [0.717, 1.165) is 5.56 Å². The van der Waals surface area contributed by atoms with Crippen LogP contribution in [0.5, 0.6) is 5.75 Å². The predicted molar refractivity (Wildman–Crippen MR) is 147 cm³/mol. The van der Waals surface area contributed by atoms with Crippen molar-refractivity contribution in [2.45, 2.75) is 122 Å². The maximum Gasteiger partial charge on any atom is 0.311 e. The third kappa shape index (κ3) is 6.88. The van der Waals surface area contributed by atoms with Crippen molar-refractivity contribution in [1.29, 1.82) is 0 Å². The zero-order chi connectivity index (χ0) is 30.2. The molecule has 3 N–H and O–H groups in total. The number of hydrogen-bond donors (Lipinski definition) is 3. The number of aliphatic hydroxyl groups is 2. The fourth-order valence-corrected chi connectivity index (χ4v) is 6.61. The second-order valence-electron chi connectivity index (χ2n) is 12.9. The van der Waals surface area contributed by atoms with Crippen LogP contribution < -0.4 is 0 Å². The molecule has 41 heavy (non-hydrogen) atoms. The van der Waals surface area contributed by atoms with Crippen LogP contribution in [-0.4, -0.2) is 70.4 Å². The largest absolute Gasteiger partial charge is 0.508 e. The molecule has 0 amide bonds. The molecule has 1 aromatic rings. The molecule has 1 aromatic carbocycles. The molecule has 3 bridgehead atoms. The molecule has 0 radical (unpaired) electrons. The average Bonchev–Trinajstić information content (AvgIpc) is 2.86. The number of rotatable bonds is 7. The van der Waals surface area contributed by atoms with Crippen LogP contribution in [0.15, 0.2) is 24.3 Å². The van der Waals surface area contributed by atoms with Crippen LogP contribution in [0.4, 0.5) is 0 Å². The van der Waals surface area contributed by atoms with E-state index in [1.54, 1.807) is 25.3 Å². The average molecular weight is 579 g/mol. The molecule has 3 aliphatic heterocycles. The molecule has 9 atom stereocenters. The van der Waals surface area contributed by atoms with Crippen molar-refractivity contribution < 1.29 is 48.6 Å². The van der Waals surface area contributed by atoms with Crippen LogP contribution in [0.3, 0.4) is 0 Å². The Morgan fingerprint density at radius 2 is 1.80 bits per heavy atom. The van der Waals surface area contributed by atoms with E-state index in [9.17, 15) is 24.9 Å². The zero-order valence-corrected chi connectivity index (χ0v) is 25.0. The molecule has 3 heterocycles. The van der Waals surface area contributed by atoms with E-state index in [4.69, 9.17) is 23.7 Å². The Labute approximate surface area is 242 Å². The normalized spacial score (nSPS) is 36.1. The highest BCUT2D eigenvalue weighted by molar-refractivity contribution is 5.73. The number of aliphatic hydroxyl groups excluding tert-OH is 1. The Morgan fingerprint density at radius 1 is 1.07 bits per heavy atom. The number of phenolic OH excluding ortho intramolecular Hbond substituents is 1. The van der Waals surface area contributed by atoms with E-state index in [0.29, 0.717) is 25.7 Å². The number of benzene rings is 1. The Hall–Kier alpha value is -2.24. The molecular weight excluding hydrogens is 532 g/mol. The van der Waals surface area contributed by atoms with Crippen molar-refractivity contribution in [3.05, 3.63) is 29.8 Å². The van der Waals surface area contributed by atoms with Gasteiger partial charge in [-0.3, -0.25) is 9.59 Å². The highest BCUT2D eigenvalue weighted by atomic mass is 16.8. The van der Waals surface area contributed by atoms with Crippen molar-refractivity contribution in [3.63, 3.8) is 0 Å². The molecule has 0 aliphatic carbocycles. The Bertz CT molecular complexity index is 1090. The van der Waals surface area contributed by atoms with Crippen molar-refractivity contribution in [1.82, 2.24) is 0 Å². The monoisotopic (exact) mass is 578 g/mol. The van der Waals surface area contributed by atoms with Gasteiger partial charge in [0.1, 0.15) is 18.0 Å². The fraction of sp³-hybridized carbons (Fsp3) is 0.742. The number of aromatic hydroxyl groups is 1. The number of carbonyl (C=O) groups is 2. The summed E-state index contributed by atoms with van der Waals surface area (Å²) in [4.78, 5) is 25.9. The van der Waals surface area contributed by atoms with Gasteiger partial charge in [-0.25, -0.2) is 0 Å². The van der Waals surface area contributed by atoms with Crippen LogP contribution in [-0.2, 0) is 33.3 Å². The van der Waals surface area contributed by atoms with Crippen LogP contribution in [0.25, 0.3) is 0 Å². The van der Waals surface area contributed by atoms with E-state index in [1.165, 1.54) is 6.92 Å². The third-order valence-corrected chi connectivity index (χ3v) is 9.22. The molecule has 230 valence electrons. The lowest BCUT2D eigenvalue weighted by atomic mass is 9.67. The smallest absolute Gasteiger partial charge is 0.311 e. The topological polar surface area (TPSA) is 141 Å². The molecule has 10 nitrogen and oxygen atoms in total. The van der Waals surface area contributed by atoms with Gasteiger partial charge < -0.3 is 39.0 Å². The molecule has 0 unspecified atom stereocenters. The second-order valence-corrected chi connectivity index (χ2v) is 12.9. The molecule has 0 aromatic heterocycles. The number of phenols is 1. The van der Waals surface area contributed by atoms with E-state index in [-0.39, 0.29) is 36.7 Å². The van der Waals surface area contributed by atoms with Gasteiger partial charge in [-0.15, -0.1) is 0 Å². The number of fused-ring (bicyclic) bond motifs is 2. The minimum Gasteiger partial charge on any atom is -0.508 e. The van der Waals surface area contributed by atoms with Gasteiger partial charge in [0.05, 0.1) is 31.2 Å². The van der Waals surface area contributed by atoms with E-state index < -0.39 is 59.6 Å². The van der Waals surface area contributed by atoms with Gasteiger partial charge in [0.15, 0.2) is 11.6 Å². The molecule has 3 saturated heterocycles. The lowest BCUT2D eigenvalue weighted by molar-refractivity contribution is -0.446. The zero-order valence-electron chi connectivity index (χ0n) is 25.0. The SMILES string of the molecule is CO[C@@H](CC[C@H](C)[C@@H]1C[C@@H]2C[C@]3(O1)O[C@@](O)(CC(=O)O[C@@H]([C@@H](C)O)CC(=O)O2)[C@H](C)CC3(C)C)c1cccc(O)c1. The van der Waals surface area contributed by atoms with Crippen molar-refractivity contribution in [2.24, 2.45) is 17.3 Å². The summed E-state index contributed by atoms with van der Waals surface area (Å²) >= 11 is 0. The van der Waals surface area contributed by atoms with E-state index in [1.807, 2.05) is 26.8 Å². The molecule has 0 saturated carbocycles. The maximum absolute atomic E-state index is 13.0. The highest BCUT2D eigenvalue weighted by Gasteiger charge is 2.63. The van der Waals surface area contributed by atoms with Crippen LogP contribution in [0.2, 0.25) is 0 Å². The standard InChI is InChI=1S/C31H46O10/c1-18(10-11-24(37-6)21-8-7-9-22(33)12-21)25-13-23-16-31(40-25)29(4,5)15-19(2)30(36,41-31)17-28(35)39-26(20(3)32)14-27(34)38-23/h7-9,12,18-20,23-26,32-33,36H,10-11,13-17H2,1-6H3/t18-,19+,20+,23+,24-,25-,26+,30-,31-/m0/s1. The molecule has 1 spiro atoms. The number of hydrogen-bond acceptors (Lipinski definition) is 10. The van der Waals surface area contributed by atoms with Gasteiger partial charge in [-0.2, -0.15) is 0 Å². The quantitative estimate of drug-likeness (QED) is 0.404. The minimum atomic E-state index is -1.87. The Kier molecular flexibility index (Phi) is 9.40. The number of methoxy groups -OCH3 is 1. The van der Waals surface area contributed by atoms with Gasteiger partial charge in [0.2, 0.25) is 0 Å². The first-order valence-electron chi connectivity index (χ1n) is 14.7. The first kappa shape index (κ1) is 31.7. The van der Waals surface area contributed by atoms with Crippen molar-refractivity contribution in [2.75, 3.05) is 7.11 Å². The third-order valence-electron chi connectivity index (χ3n) is 9.22. The van der Waals surface area contributed by atoms with Gasteiger partial charge >= 0.3 is 11.9 Å². The number of carbonyl (C=O) groups excluding carboxylic acids is 2. The van der Waals surface area contributed by atoms with Gasteiger partial charge in [0.25, 0.3) is 0 Å². The van der Waals surface area contributed by atoms with Gasteiger partial charge in [-0.05, 0) is 49.8 Å². The first-order chi connectivity index (χ1) is 19.2. The predicted octanol–water partition coefficient (Wildman–Crippen LogP) is 4.14. The van der Waals surface area contributed by atoms with Crippen molar-refractivity contribution in [3.8, 4) is 5.75 Å². The molecular formula is C31H46O10. The lowest BCUT2D eigenvalue weighted by Gasteiger charge is -2.60. The van der Waals surface area contributed by atoms with Gasteiger partial charge in [0, 0.05) is 31.3 Å². The minimum absolute atomic E-state index is 0.0155. The second kappa shape index (κ2) is 12.2. The van der Waals surface area contributed by atoms with Crippen molar-refractivity contribution >= 4 is 11.9 Å². The number of esters is 2. The molecule has 4 rings (SSSR count). The first-order valence-corrected chi connectivity index (χ1v) is 14.7. The summed E-state index contributed by atoms with van der Waals surface area (Å²) < 4.78 is 30.3.